The maximum atomic E-state index is 11.3. The minimum absolute atomic E-state index is 0.0629. The molecule has 2 aromatic heterocycles. The molecule has 3 heterocycles. The first-order valence-corrected chi connectivity index (χ1v) is 8.44. The molecule has 13 heteroatoms. The van der Waals surface area contributed by atoms with Gasteiger partial charge in [0.25, 0.3) is 0 Å². The highest BCUT2D eigenvalue weighted by atomic mass is 32.2. The molecule has 2 aromatic rings. The van der Waals surface area contributed by atoms with Gasteiger partial charge in [0, 0.05) is 6.20 Å². The average Bonchev–Trinajstić information content (AvgIpc) is 3.10. The lowest BCUT2D eigenvalue weighted by Crippen LogP contribution is -2.36. The minimum atomic E-state index is -4.31. The van der Waals surface area contributed by atoms with E-state index in [1.165, 1.54) is 21.8 Å². The quantitative estimate of drug-likeness (QED) is 0.400. The van der Waals surface area contributed by atoms with Gasteiger partial charge in [-0.3, -0.25) is 13.5 Å². The second-order valence-electron chi connectivity index (χ2n) is 5.24. The van der Waals surface area contributed by atoms with Crippen LogP contribution in [0.15, 0.2) is 18.6 Å². The maximum absolute atomic E-state index is 11.3. The number of anilines is 1. The van der Waals surface area contributed by atoms with Crippen LogP contribution in [-0.2, 0) is 24.0 Å². The van der Waals surface area contributed by atoms with Crippen LogP contribution in [0.4, 0.5) is 5.69 Å². The number of carbonyl (C=O) groups is 1. The Morgan fingerprint density at radius 2 is 2.16 bits per heavy atom. The van der Waals surface area contributed by atoms with Crippen LogP contribution in [0.25, 0.3) is 11.2 Å². The van der Waals surface area contributed by atoms with E-state index < -0.39 is 41.5 Å². The van der Waals surface area contributed by atoms with Crippen LogP contribution < -0.4 is 10.5 Å². The molecule has 5 N–H and O–H groups in total. The number of pyridine rings is 1. The van der Waals surface area contributed by atoms with Crippen molar-refractivity contribution in [3.63, 3.8) is 0 Å². The van der Waals surface area contributed by atoms with Crippen molar-refractivity contribution in [2.45, 2.75) is 24.5 Å². The molecular weight excluding hydrogens is 358 g/mol. The summed E-state index contributed by atoms with van der Waals surface area (Å²) in [5.41, 5.74) is 6.89. The molecule has 1 aliphatic rings. The molecule has 0 aliphatic carbocycles. The fraction of sp³-hybridized carbons (Fsp3) is 0.417. The molecule has 12 nitrogen and oxygen atoms in total. The van der Waals surface area contributed by atoms with E-state index in [9.17, 15) is 23.4 Å². The first kappa shape index (κ1) is 17.5. The molecule has 0 unspecified atom stereocenters. The molecule has 3 rings (SSSR count). The van der Waals surface area contributed by atoms with Crippen LogP contribution in [-0.4, -0.2) is 64.5 Å². The van der Waals surface area contributed by atoms with Gasteiger partial charge in [-0.1, -0.05) is 0 Å². The third kappa shape index (κ3) is 3.27. The first-order chi connectivity index (χ1) is 11.8. The smallest absolute Gasteiger partial charge is 0.362 e. The SMILES string of the molecule is Nc1ccnc2c1ncn2[C@@H]1O[C@H](COS(=O)(=O)NC=O)[C@@H](O)[C@H]1O. The number of nitrogen functional groups attached to an aromatic ring is 1. The number of nitrogens with zero attached hydrogens (tertiary/aromatic N) is 3. The lowest BCUT2D eigenvalue weighted by atomic mass is 10.1. The number of aromatic nitrogens is 3. The van der Waals surface area contributed by atoms with Crippen molar-refractivity contribution in [3.8, 4) is 0 Å². The number of aliphatic hydroxyl groups excluding tert-OH is 2. The van der Waals surface area contributed by atoms with Crippen LogP contribution in [0.1, 0.15) is 6.23 Å². The molecule has 0 saturated carbocycles. The molecule has 25 heavy (non-hydrogen) atoms. The first-order valence-electron chi connectivity index (χ1n) is 7.03. The van der Waals surface area contributed by atoms with Gasteiger partial charge in [0.15, 0.2) is 11.9 Å². The van der Waals surface area contributed by atoms with Crippen LogP contribution in [0.3, 0.4) is 0 Å². The Labute approximate surface area is 141 Å². The van der Waals surface area contributed by atoms with E-state index in [0.29, 0.717) is 16.9 Å². The Morgan fingerprint density at radius 3 is 2.88 bits per heavy atom. The number of ether oxygens (including phenoxy) is 1. The van der Waals surface area contributed by atoms with Crippen molar-refractivity contribution in [2.24, 2.45) is 0 Å². The Hall–Kier alpha value is -2.32. The zero-order valence-corrected chi connectivity index (χ0v) is 13.4. The standard InChI is InChI=1S/C12H15N5O7S/c13-6-1-2-14-11-8(6)15-4-17(11)12-10(20)9(19)7(24-12)3-23-25(21,22)16-5-18/h1-2,4-5,7,9-10,12,19-20H,3H2,(H2,13,14)(H,16,18)/t7-,9-,10-,12-/m1/s1. The second-order valence-corrected chi connectivity index (χ2v) is 6.62. The second kappa shape index (κ2) is 6.53. The number of imidazole rings is 1. The predicted molar refractivity (Wildman–Crippen MR) is 81.9 cm³/mol. The summed E-state index contributed by atoms with van der Waals surface area (Å²) in [6.07, 6.45) is -2.35. The Kier molecular flexibility index (Phi) is 4.57. The number of carbonyl (C=O) groups excluding carboxylic acids is 1. The molecule has 0 spiro atoms. The van der Waals surface area contributed by atoms with Crippen molar-refractivity contribution in [2.75, 3.05) is 12.3 Å². The van der Waals surface area contributed by atoms with Crippen LogP contribution >= 0.6 is 0 Å². The third-order valence-electron chi connectivity index (χ3n) is 3.68. The molecule has 1 saturated heterocycles. The lowest BCUT2D eigenvalue weighted by molar-refractivity contribution is -0.108. The summed E-state index contributed by atoms with van der Waals surface area (Å²) in [5, 5.41) is 20.3. The summed E-state index contributed by atoms with van der Waals surface area (Å²) in [5.74, 6) is 0. The van der Waals surface area contributed by atoms with Gasteiger partial charge >= 0.3 is 10.3 Å². The molecule has 4 atom stereocenters. The largest absolute Gasteiger partial charge is 0.397 e. The molecule has 1 aliphatic heterocycles. The Bertz CT molecular complexity index is 885. The molecule has 0 radical (unpaired) electrons. The van der Waals surface area contributed by atoms with Crippen molar-refractivity contribution < 1.29 is 32.3 Å². The summed E-state index contributed by atoms with van der Waals surface area (Å²) < 4.78 is 35.4. The van der Waals surface area contributed by atoms with Crippen molar-refractivity contribution in [1.82, 2.24) is 19.3 Å². The average molecular weight is 373 g/mol. The van der Waals surface area contributed by atoms with E-state index in [2.05, 4.69) is 14.2 Å². The Morgan fingerprint density at radius 1 is 1.40 bits per heavy atom. The summed E-state index contributed by atoms with van der Waals surface area (Å²) >= 11 is 0. The number of hydrogen-bond donors (Lipinski definition) is 4. The minimum Gasteiger partial charge on any atom is -0.397 e. The van der Waals surface area contributed by atoms with Crippen molar-refractivity contribution in [3.05, 3.63) is 18.6 Å². The molecular formula is C12H15N5O7S. The van der Waals surface area contributed by atoms with Crippen LogP contribution in [0.5, 0.6) is 0 Å². The zero-order chi connectivity index (χ0) is 18.2. The summed E-state index contributed by atoms with van der Waals surface area (Å²) in [6, 6.07) is 1.56. The van der Waals surface area contributed by atoms with Gasteiger partial charge in [-0.05, 0) is 6.07 Å². The van der Waals surface area contributed by atoms with Crippen LogP contribution in [0.2, 0.25) is 0 Å². The van der Waals surface area contributed by atoms with Gasteiger partial charge in [0.1, 0.15) is 23.8 Å². The zero-order valence-electron chi connectivity index (χ0n) is 12.6. The highest BCUT2D eigenvalue weighted by molar-refractivity contribution is 7.85. The monoisotopic (exact) mass is 373 g/mol. The van der Waals surface area contributed by atoms with E-state index in [1.807, 2.05) is 0 Å². The van der Waals surface area contributed by atoms with Gasteiger partial charge in [-0.2, -0.15) is 8.42 Å². The number of rotatable bonds is 6. The van der Waals surface area contributed by atoms with Crippen LogP contribution in [0, 0.1) is 0 Å². The normalized spacial score (nSPS) is 26.8. The fourth-order valence-electron chi connectivity index (χ4n) is 2.49. The number of nitrogens with two attached hydrogens (primary N) is 1. The van der Waals surface area contributed by atoms with Gasteiger partial charge in [0.2, 0.25) is 6.41 Å². The summed E-state index contributed by atoms with van der Waals surface area (Å²) in [4.78, 5) is 18.4. The summed E-state index contributed by atoms with van der Waals surface area (Å²) in [7, 11) is -4.31. The van der Waals surface area contributed by atoms with Crippen molar-refractivity contribution >= 4 is 33.6 Å². The molecule has 0 bridgehead atoms. The number of fused-ring (bicyclic) bond motifs is 1. The Balaban J connectivity index is 1.80. The molecule has 136 valence electrons. The van der Waals surface area contributed by atoms with E-state index in [0.717, 1.165) is 0 Å². The maximum Gasteiger partial charge on any atom is 0.362 e. The topological polar surface area (TPSA) is 179 Å². The number of hydrogen-bond acceptors (Lipinski definition) is 10. The van der Waals surface area contributed by atoms with E-state index in [1.54, 1.807) is 6.07 Å². The van der Waals surface area contributed by atoms with E-state index >= 15 is 0 Å². The molecule has 1 fully saturated rings. The highest BCUT2D eigenvalue weighted by Gasteiger charge is 2.45. The lowest BCUT2D eigenvalue weighted by Gasteiger charge is -2.16. The number of nitrogens with one attached hydrogen (secondary N) is 1. The predicted octanol–water partition coefficient (Wildman–Crippen LogP) is -2.36. The highest BCUT2D eigenvalue weighted by Crippen LogP contribution is 2.32. The van der Waals surface area contributed by atoms with E-state index in [4.69, 9.17) is 10.5 Å². The molecule has 0 aromatic carbocycles. The van der Waals surface area contributed by atoms with Gasteiger partial charge < -0.3 is 20.7 Å². The molecule has 1 amide bonds. The van der Waals surface area contributed by atoms with Gasteiger partial charge in [-0.15, -0.1) is 0 Å². The van der Waals surface area contributed by atoms with Gasteiger partial charge in [0.05, 0.1) is 18.6 Å². The van der Waals surface area contributed by atoms with E-state index in [-0.39, 0.29) is 6.41 Å². The fourth-order valence-corrected chi connectivity index (χ4v) is 2.98. The van der Waals surface area contributed by atoms with Gasteiger partial charge in [-0.25, -0.2) is 14.7 Å². The summed E-state index contributed by atoms with van der Waals surface area (Å²) in [6.45, 7) is -0.611. The van der Waals surface area contributed by atoms with Crippen molar-refractivity contribution in [1.29, 1.82) is 0 Å². The number of aliphatic hydroxyl groups is 2. The third-order valence-corrected chi connectivity index (χ3v) is 4.51. The number of amides is 1.